The van der Waals surface area contributed by atoms with Crippen molar-refractivity contribution in [3.8, 4) is 11.3 Å². The summed E-state index contributed by atoms with van der Waals surface area (Å²) in [6, 6.07) is 13.4. The fourth-order valence-electron chi connectivity index (χ4n) is 3.69. The molecular weight excluding hydrogens is 390 g/mol. The average molecular weight is 411 g/mol. The lowest BCUT2D eigenvalue weighted by Crippen LogP contribution is -2.16. The van der Waals surface area contributed by atoms with Gasteiger partial charge in [0.25, 0.3) is 5.91 Å². The molecule has 4 heterocycles. The minimum atomic E-state index is -0.256. The smallest absolute Gasteiger partial charge is 0.257 e. The maximum absolute atomic E-state index is 13.4. The van der Waals surface area contributed by atoms with E-state index >= 15 is 0 Å². The number of anilines is 1. The molecule has 1 amide bonds. The molecule has 5 rings (SSSR count). The SMILES string of the molecule is Cc1ccccc1-c1cc(C(=O)Nc2ccnc3ccnn23)c2cnn(C(C)C)c2n1. The maximum atomic E-state index is 13.4. The molecule has 0 radical (unpaired) electrons. The number of nitrogens with one attached hydrogen (secondary N) is 1. The van der Waals surface area contributed by atoms with Crippen molar-refractivity contribution in [2.75, 3.05) is 5.32 Å². The van der Waals surface area contributed by atoms with Gasteiger partial charge in [-0.25, -0.2) is 14.6 Å². The molecule has 0 aliphatic rings. The second-order valence-corrected chi connectivity index (χ2v) is 7.68. The Morgan fingerprint density at radius 3 is 2.71 bits per heavy atom. The van der Waals surface area contributed by atoms with Gasteiger partial charge in [0, 0.05) is 23.9 Å². The number of pyridine rings is 1. The van der Waals surface area contributed by atoms with Crippen LogP contribution in [0.25, 0.3) is 27.9 Å². The summed E-state index contributed by atoms with van der Waals surface area (Å²) in [5, 5.41) is 12.4. The highest BCUT2D eigenvalue weighted by Crippen LogP contribution is 2.28. The summed E-state index contributed by atoms with van der Waals surface area (Å²) >= 11 is 0. The number of aryl methyl sites for hydroxylation is 1. The van der Waals surface area contributed by atoms with Crippen molar-refractivity contribution < 1.29 is 4.79 Å². The average Bonchev–Trinajstić information content (AvgIpc) is 3.41. The van der Waals surface area contributed by atoms with E-state index in [9.17, 15) is 4.79 Å². The zero-order valence-corrected chi connectivity index (χ0v) is 17.4. The zero-order valence-electron chi connectivity index (χ0n) is 17.4. The summed E-state index contributed by atoms with van der Waals surface area (Å²) in [7, 11) is 0. The van der Waals surface area contributed by atoms with Crippen molar-refractivity contribution in [2.45, 2.75) is 26.8 Å². The Morgan fingerprint density at radius 2 is 1.90 bits per heavy atom. The van der Waals surface area contributed by atoms with Crippen molar-refractivity contribution in [3.63, 3.8) is 0 Å². The minimum Gasteiger partial charge on any atom is -0.306 e. The molecule has 0 saturated heterocycles. The number of aromatic nitrogens is 6. The topological polar surface area (TPSA) is 90.0 Å². The lowest BCUT2D eigenvalue weighted by Gasteiger charge is -2.12. The molecule has 0 spiro atoms. The highest BCUT2D eigenvalue weighted by Gasteiger charge is 2.20. The highest BCUT2D eigenvalue weighted by atomic mass is 16.1. The van der Waals surface area contributed by atoms with Gasteiger partial charge in [0.2, 0.25) is 0 Å². The predicted octanol–water partition coefficient (Wildman–Crippen LogP) is 4.28. The van der Waals surface area contributed by atoms with E-state index in [1.807, 2.05) is 55.8 Å². The van der Waals surface area contributed by atoms with Gasteiger partial charge >= 0.3 is 0 Å². The molecule has 31 heavy (non-hydrogen) atoms. The monoisotopic (exact) mass is 411 g/mol. The van der Waals surface area contributed by atoms with Crippen LogP contribution in [0.5, 0.6) is 0 Å². The zero-order chi connectivity index (χ0) is 21.5. The Hall–Kier alpha value is -4.07. The standard InChI is InChI=1S/C23H21N7O/c1-14(2)29-22-18(13-26-29)17(12-19(27-22)16-7-5-4-6-15(16)3)23(31)28-21-8-10-24-20-9-11-25-30(20)21/h4-14H,1-3H3,(H,28,31). The first kappa shape index (κ1) is 18.9. The Balaban J connectivity index is 1.67. The number of carbonyl (C=O) groups is 1. The Morgan fingerprint density at radius 1 is 1.06 bits per heavy atom. The third-order valence-electron chi connectivity index (χ3n) is 5.25. The van der Waals surface area contributed by atoms with Gasteiger partial charge < -0.3 is 5.32 Å². The Kier molecular flexibility index (Phi) is 4.47. The van der Waals surface area contributed by atoms with Crippen LogP contribution in [-0.4, -0.2) is 35.3 Å². The van der Waals surface area contributed by atoms with Crippen molar-refractivity contribution in [1.82, 2.24) is 29.4 Å². The molecule has 4 aromatic heterocycles. The van der Waals surface area contributed by atoms with Gasteiger partial charge in [0.15, 0.2) is 11.3 Å². The highest BCUT2D eigenvalue weighted by molar-refractivity contribution is 6.12. The van der Waals surface area contributed by atoms with Crippen LogP contribution < -0.4 is 5.32 Å². The number of hydrogen-bond donors (Lipinski definition) is 1. The van der Waals surface area contributed by atoms with E-state index in [2.05, 4.69) is 20.5 Å². The van der Waals surface area contributed by atoms with Crippen LogP contribution >= 0.6 is 0 Å². The molecule has 5 aromatic rings. The molecule has 0 unspecified atom stereocenters. The van der Waals surface area contributed by atoms with Gasteiger partial charge in [-0.3, -0.25) is 4.79 Å². The summed E-state index contributed by atoms with van der Waals surface area (Å²) in [6.07, 6.45) is 4.99. The van der Waals surface area contributed by atoms with Gasteiger partial charge in [-0.2, -0.15) is 14.7 Å². The van der Waals surface area contributed by atoms with Crippen LogP contribution in [0.4, 0.5) is 5.82 Å². The molecule has 8 nitrogen and oxygen atoms in total. The summed E-state index contributed by atoms with van der Waals surface area (Å²) < 4.78 is 3.43. The Labute approximate surface area is 178 Å². The van der Waals surface area contributed by atoms with Gasteiger partial charge in [0.1, 0.15) is 5.82 Å². The molecule has 1 aromatic carbocycles. The van der Waals surface area contributed by atoms with Crippen molar-refractivity contribution >= 4 is 28.4 Å². The molecule has 0 atom stereocenters. The Bertz CT molecular complexity index is 1430. The first-order valence-electron chi connectivity index (χ1n) is 10.1. The quantitative estimate of drug-likeness (QED) is 0.477. The lowest BCUT2D eigenvalue weighted by molar-refractivity contribution is 0.102. The van der Waals surface area contributed by atoms with Crippen LogP contribution in [0.3, 0.4) is 0 Å². The molecule has 154 valence electrons. The summed E-state index contributed by atoms with van der Waals surface area (Å²) in [5.74, 6) is 0.284. The number of hydrogen-bond acceptors (Lipinski definition) is 5. The van der Waals surface area contributed by atoms with Gasteiger partial charge in [0.05, 0.1) is 29.0 Å². The van der Waals surface area contributed by atoms with E-state index in [0.29, 0.717) is 28.1 Å². The number of amides is 1. The van der Waals surface area contributed by atoms with Crippen LogP contribution in [0.1, 0.15) is 35.8 Å². The first-order valence-corrected chi connectivity index (χ1v) is 10.1. The second-order valence-electron chi connectivity index (χ2n) is 7.68. The van der Waals surface area contributed by atoms with Gasteiger partial charge in [-0.1, -0.05) is 24.3 Å². The molecule has 0 fully saturated rings. The van der Waals surface area contributed by atoms with Crippen LogP contribution in [0.2, 0.25) is 0 Å². The molecular formula is C23H21N7O. The fourth-order valence-corrected chi connectivity index (χ4v) is 3.69. The van der Waals surface area contributed by atoms with Gasteiger partial charge in [-0.15, -0.1) is 0 Å². The largest absolute Gasteiger partial charge is 0.306 e. The van der Waals surface area contributed by atoms with Crippen molar-refractivity contribution in [2.24, 2.45) is 0 Å². The summed E-state index contributed by atoms with van der Waals surface area (Å²) in [4.78, 5) is 22.5. The van der Waals surface area contributed by atoms with Crippen molar-refractivity contribution in [3.05, 3.63) is 72.2 Å². The normalized spacial score (nSPS) is 11.5. The van der Waals surface area contributed by atoms with E-state index in [1.54, 1.807) is 35.2 Å². The summed E-state index contributed by atoms with van der Waals surface area (Å²) in [5.41, 5.74) is 4.65. The van der Waals surface area contributed by atoms with Gasteiger partial charge in [-0.05, 0) is 38.5 Å². The summed E-state index contributed by atoms with van der Waals surface area (Å²) in [6.45, 7) is 6.12. The molecule has 8 heteroatoms. The first-order chi connectivity index (χ1) is 15.0. The molecule has 0 aliphatic heterocycles. The number of nitrogens with zero attached hydrogens (tertiary/aromatic N) is 6. The molecule has 0 aliphatic carbocycles. The van der Waals surface area contributed by atoms with Crippen LogP contribution in [0.15, 0.2) is 61.1 Å². The minimum absolute atomic E-state index is 0.108. The molecule has 0 bridgehead atoms. The second kappa shape index (κ2) is 7.32. The van der Waals surface area contributed by atoms with Crippen LogP contribution in [0, 0.1) is 6.92 Å². The molecule has 1 N–H and O–H groups in total. The third-order valence-corrected chi connectivity index (χ3v) is 5.25. The van der Waals surface area contributed by atoms with E-state index in [4.69, 9.17) is 4.98 Å². The van der Waals surface area contributed by atoms with E-state index < -0.39 is 0 Å². The predicted molar refractivity (Wildman–Crippen MR) is 119 cm³/mol. The lowest BCUT2D eigenvalue weighted by atomic mass is 10.0. The fraction of sp³-hybridized carbons (Fsp3) is 0.174. The number of rotatable bonds is 4. The molecule has 0 saturated carbocycles. The maximum Gasteiger partial charge on any atom is 0.257 e. The van der Waals surface area contributed by atoms with Crippen LogP contribution in [-0.2, 0) is 0 Å². The number of carbonyl (C=O) groups excluding carboxylic acids is 1. The number of benzene rings is 1. The van der Waals surface area contributed by atoms with E-state index in [0.717, 1.165) is 16.8 Å². The van der Waals surface area contributed by atoms with E-state index in [-0.39, 0.29) is 11.9 Å². The van der Waals surface area contributed by atoms with Crippen molar-refractivity contribution in [1.29, 1.82) is 0 Å². The third kappa shape index (κ3) is 3.22. The number of fused-ring (bicyclic) bond motifs is 2. The van der Waals surface area contributed by atoms with E-state index in [1.165, 1.54) is 0 Å².